The van der Waals surface area contributed by atoms with Gasteiger partial charge in [-0.3, -0.25) is 9.59 Å². The van der Waals surface area contributed by atoms with E-state index in [9.17, 15) is 14.7 Å². The molecule has 1 saturated heterocycles. The second-order valence-corrected chi connectivity index (χ2v) is 8.75. The van der Waals surface area contributed by atoms with Gasteiger partial charge in [-0.05, 0) is 44.9 Å². The van der Waals surface area contributed by atoms with Crippen LogP contribution in [0.3, 0.4) is 0 Å². The van der Waals surface area contributed by atoms with Crippen molar-refractivity contribution in [2.45, 2.75) is 45.9 Å². The van der Waals surface area contributed by atoms with E-state index in [1.165, 1.54) is 0 Å². The Hall–Kier alpha value is -3.87. The largest absolute Gasteiger partial charge is 0.507 e. The van der Waals surface area contributed by atoms with Crippen LogP contribution in [0.5, 0.6) is 5.75 Å². The van der Waals surface area contributed by atoms with Gasteiger partial charge in [0.15, 0.2) is 0 Å². The number of rotatable bonds is 8. The van der Waals surface area contributed by atoms with E-state index < -0.39 is 17.7 Å². The van der Waals surface area contributed by atoms with Gasteiger partial charge in [0.25, 0.3) is 11.7 Å². The monoisotopic (exact) mass is 459 g/mol. The number of imidazole rings is 1. The molecule has 7 nitrogen and oxygen atoms in total. The van der Waals surface area contributed by atoms with E-state index in [2.05, 4.69) is 4.98 Å². The van der Waals surface area contributed by atoms with Gasteiger partial charge in [0.1, 0.15) is 11.5 Å². The third kappa shape index (κ3) is 4.88. The van der Waals surface area contributed by atoms with Crippen molar-refractivity contribution >= 4 is 17.4 Å². The molecule has 1 aromatic heterocycles. The summed E-state index contributed by atoms with van der Waals surface area (Å²) >= 11 is 0. The summed E-state index contributed by atoms with van der Waals surface area (Å²) in [5, 5.41) is 11.1. The normalized spacial score (nSPS) is 17.5. The van der Waals surface area contributed by atoms with Crippen LogP contribution in [0.1, 0.15) is 43.0 Å². The van der Waals surface area contributed by atoms with Crippen LogP contribution in [0, 0.1) is 6.92 Å². The maximum Gasteiger partial charge on any atom is 0.295 e. The Labute approximate surface area is 199 Å². The summed E-state index contributed by atoms with van der Waals surface area (Å²) in [6, 6.07) is 13.9. The van der Waals surface area contributed by atoms with Crippen molar-refractivity contribution in [2.75, 3.05) is 6.54 Å². The van der Waals surface area contributed by atoms with E-state index in [0.29, 0.717) is 30.8 Å². The lowest BCUT2D eigenvalue weighted by Gasteiger charge is -2.25. The van der Waals surface area contributed by atoms with Crippen LogP contribution >= 0.6 is 0 Å². The van der Waals surface area contributed by atoms with Crippen molar-refractivity contribution in [3.63, 3.8) is 0 Å². The number of aliphatic hydroxyl groups excluding tert-OH is 1. The van der Waals surface area contributed by atoms with Crippen molar-refractivity contribution < 1.29 is 19.4 Å². The molecule has 0 saturated carbocycles. The molecule has 2 heterocycles. The molecule has 1 atom stereocenters. The van der Waals surface area contributed by atoms with E-state index in [1.54, 1.807) is 29.6 Å². The minimum atomic E-state index is -0.683. The Kier molecular flexibility index (Phi) is 6.82. The molecular formula is C27H29N3O4. The van der Waals surface area contributed by atoms with E-state index in [1.807, 2.05) is 67.9 Å². The number of ether oxygens (including phenoxy) is 1. The predicted molar refractivity (Wildman–Crippen MR) is 129 cm³/mol. The lowest BCUT2D eigenvalue weighted by Crippen LogP contribution is -2.31. The molecule has 1 amide bonds. The first-order chi connectivity index (χ1) is 16.3. The second kappa shape index (κ2) is 9.95. The summed E-state index contributed by atoms with van der Waals surface area (Å²) in [6.07, 6.45) is 5.95. The van der Waals surface area contributed by atoms with Crippen LogP contribution in [0.15, 0.2) is 72.8 Å². The number of nitrogens with zero attached hydrogens (tertiary/aromatic N) is 3. The number of aromatic nitrogens is 2. The van der Waals surface area contributed by atoms with Gasteiger partial charge >= 0.3 is 0 Å². The molecule has 3 aromatic rings. The molecule has 0 bridgehead atoms. The van der Waals surface area contributed by atoms with Crippen LogP contribution in [-0.4, -0.2) is 43.9 Å². The molecule has 7 heteroatoms. The Morgan fingerprint density at radius 1 is 1.06 bits per heavy atom. The average Bonchev–Trinajstić information content (AvgIpc) is 3.42. The first-order valence-corrected chi connectivity index (χ1v) is 11.4. The number of ketones is 1. The number of amides is 1. The number of benzene rings is 2. The highest BCUT2D eigenvalue weighted by atomic mass is 16.5. The summed E-state index contributed by atoms with van der Waals surface area (Å²) < 4.78 is 7.67. The highest BCUT2D eigenvalue weighted by Crippen LogP contribution is 2.40. The second-order valence-electron chi connectivity index (χ2n) is 8.75. The Bertz CT molecular complexity index is 1180. The van der Waals surface area contributed by atoms with Gasteiger partial charge in [-0.1, -0.05) is 42.0 Å². The summed E-state index contributed by atoms with van der Waals surface area (Å²) in [7, 11) is 0. The van der Waals surface area contributed by atoms with Crippen molar-refractivity contribution in [1.29, 1.82) is 0 Å². The van der Waals surface area contributed by atoms with Gasteiger partial charge in [-0.2, -0.15) is 0 Å². The Morgan fingerprint density at radius 2 is 1.76 bits per heavy atom. The standard InChI is InChI=1S/C27H29N3O4/c1-18(2)34-22-11-9-20(10-12-22)24-23(25(31)21-7-5-19(3)6-8-21)26(32)27(33)30(24)15-4-14-29-16-13-28-17-29/h5-13,16-18,24,31H,4,14-15H2,1-3H3/t24-/m1/s1. The summed E-state index contributed by atoms with van der Waals surface area (Å²) in [6.45, 7) is 6.87. The third-order valence-electron chi connectivity index (χ3n) is 5.81. The van der Waals surface area contributed by atoms with E-state index >= 15 is 0 Å². The van der Waals surface area contributed by atoms with Crippen molar-refractivity contribution in [2.24, 2.45) is 0 Å². The SMILES string of the molecule is Cc1ccc(C(O)=C2C(=O)C(=O)N(CCCn3ccnc3)[C@@H]2c2ccc(OC(C)C)cc2)cc1. The number of aryl methyl sites for hydroxylation is 2. The molecule has 0 unspecified atom stereocenters. The van der Waals surface area contributed by atoms with Gasteiger partial charge in [-0.15, -0.1) is 0 Å². The molecule has 1 N–H and O–H groups in total. The fourth-order valence-electron chi connectivity index (χ4n) is 4.17. The van der Waals surface area contributed by atoms with Crippen LogP contribution in [0.4, 0.5) is 0 Å². The highest BCUT2D eigenvalue weighted by molar-refractivity contribution is 6.46. The smallest absolute Gasteiger partial charge is 0.295 e. The molecule has 1 aliphatic rings. The molecule has 1 aliphatic heterocycles. The number of Topliss-reactive ketones (excluding diaryl/α,β-unsaturated/α-hetero) is 1. The number of hydrogen-bond donors (Lipinski definition) is 1. The number of aliphatic hydroxyl groups is 1. The molecule has 34 heavy (non-hydrogen) atoms. The lowest BCUT2D eigenvalue weighted by atomic mass is 9.95. The van der Waals surface area contributed by atoms with Crippen LogP contribution in [0.2, 0.25) is 0 Å². The minimum absolute atomic E-state index is 0.0289. The van der Waals surface area contributed by atoms with Gasteiger partial charge in [0.05, 0.1) is 24.0 Å². The summed E-state index contributed by atoms with van der Waals surface area (Å²) in [5.41, 5.74) is 2.39. The number of hydrogen-bond acceptors (Lipinski definition) is 5. The Balaban J connectivity index is 1.71. The summed E-state index contributed by atoms with van der Waals surface area (Å²) in [4.78, 5) is 31.8. The minimum Gasteiger partial charge on any atom is -0.507 e. The fraction of sp³-hybridized carbons (Fsp3) is 0.296. The number of likely N-dealkylation sites (tertiary alicyclic amines) is 1. The van der Waals surface area contributed by atoms with Crippen LogP contribution in [0.25, 0.3) is 5.76 Å². The maximum atomic E-state index is 13.1. The lowest BCUT2D eigenvalue weighted by molar-refractivity contribution is -0.139. The molecule has 176 valence electrons. The molecule has 4 rings (SSSR count). The predicted octanol–water partition coefficient (Wildman–Crippen LogP) is 4.49. The highest BCUT2D eigenvalue weighted by Gasteiger charge is 2.45. The average molecular weight is 460 g/mol. The Morgan fingerprint density at radius 3 is 2.38 bits per heavy atom. The molecule has 2 aromatic carbocycles. The van der Waals surface area contributed by atoms with Crippen molar-refractivity contribution in [3.8, 4) is 5.75 Å². The molecule has 0 aliphatic carbocycles. The molecule has 0 spiro atoms. The first kappa shape index (κ1) is 23.3. The zero-order valence-electron chi connectivity index (χ0n) is 19.6. The van der Waals surface area contributed by atoms with Crippen LogP contribution in [-0.2, 0) is 16.1 Å². The van der Waals surface area contributed by atoms with E-state index in [0.717, 1.165) is 11.1 Å². The molecule has 0 radical (unpaired) electrons. The topological polar surface area (TPSA) is 84.7 Å². The van der Waals surface area contributed by atoms with Crippen LogP contribution < -0.4 is 4.74 Å². The fourth-order valence-corrected chi connectivity index (χ4v) is 4.17. The molecular weight excluding hydrogens is 430 g/mol. The molecule has 1 fully saturated rings. The van der Waals surface area contributed by atoms with Crippen molar-refractivity contribution in [3.05, 3.63) is 89.5 Å². The van der Waals surface area contributed by atoms with Crippen molar-refractivity contribution in [1.82, 2.24) is 14.5 Å². The summed E-state index contributed by atoms with van der Waals surface area (Å²) in [5.74, 6) is -0.739. The van der Waals surface area contributed by atoms with Gasteiger partial charge in [-0.25, -0.2) is 4.98 Å². The maximum absolute atomic E-state index is 13.1. The zero-order chi connectivity index (χ0) is 24.2. The first-order valence-electron chi connectivity index (χ1n) is 11.4. The quantitative estimate of drug-likeness (QED) is 0.305. The van der Waals surface area contributed by atoms with Gasteiger partial charge in [0, 0.05) is 31.0 Å². The third-order valence-corrected chi connectivity index (χ3v) is 5.81. The van der Waals surface area contributed by atoms with Gasteiger partial charge < -0.3 is 19.3 Å². The van der Waals surface area contributed by atoms with E-state index in [4.69, 9.17) is 4.74 Å². The zero-order valence-corrected chi connectivity index (χ0v) is 19.6. The number of carbonyl (C=O) groups excluding carboxylic acids is 2. The van der Waals surface area contributed by atoms with E-state index in [-0.39, 0.29) is 17.4 Å². The number of carbonyl (C=O) groups is 2. The van der Waals surface area contributed by atoms with Gasteiger partial charge in [0.2, 0.25) is 0 Å².